The minimum atomic E-state index is -0.298. The zero-order chi connectivity index (χ0) is 17.8. The minimum Gasteiger partial charge on any atom is -0.463 e. The monoisotopic (exact) mass is 333 g/mol. The summed E-state index contributed by atoms with van der Waals surface area (Å²) in [6, 6.07) is 13.1. The largest absolute Gasteiger partial charge is 0.463 e. The minimum absolute atomic E-state index is 0.152. The fourth-order valence-corrected chi connectivity index (χ4v) is 2.55. The van der Waals surface area contributed by atoms with Crippen LogP contribution in [-0.4, -0.2) is 5.91 Å². The molecule has 1 aromatic heterocycles. The predicted octanol–water partition coefficient (Wildman–Crippen LogP) is 4.32. The van der Waals surface area contributed by atoms with Gasteiger partial charge in [-0.2, -0.15) is 0 Å². The molecule has 0 spiro atoms. The van der Waals surface area contributed by atoms with E-state index in [0.717, 1.165) is 12.0 Å². The number of carbonyl (C=O) groups excluding carboxylic acids is 1. The first-order chi connectivity index (χ1) is 12.1. The van der Waals surface area contributed by atoms with E-state index in [9.17, 15) is 9.59 Å². The zero-order valence-electron chi connectivity index (χ0n) is 14.2. The molecule has 0 aliphatic carbocycles. The van der Waals surface area contributed by atoms with Crippen LogP contribution in [-0.2, 0) is 11.2 Å². The summed E-state index contributed by atoms with van der Waals surface area (Å²) >= 11 is 0. The van der Waals surface area contributed by atoms with Crippen LogP contribution in [0, 0.1) is 6.92 Å². The Morgan fingerprint density at radius 1 is 1.16 bits per heavy atom. The first-order valence-corrected chi connectivity index (χ1v) is 8.17. The van der Waals surface area contributed by atoms with Crippen molar-refractivity contribution in [2.24, 2.45) is 0 Å². The molecule has 2 aromatic carbocycles. The molecule has 0 atom stereocenters. The van der Waals surface area contributed by atoms with Gasteiger partial charge < -0.3 is 9.73 Å². The van der Waals surface area contributed by atoms with E-state index in [4.69, 9.17) is 4.42 Å². The predicted molar refractivity (Wildman–Crippen MR) is 101 cm³/mol. The van der Waals surface area contributed by atoms with E-state index < -0.39 is 0 Å². The Bertz CT molecular complexity index is 998. The number of rotatable bonds is 4. The zero-order valence-corrected chi connectivity index (χ0v) is 14.2. The lowest BCUT2D eigenvalue weighted by Gasteiger charge is -2.03. The number of nitrogens with one attached hydrogen (secondary N) is 1. The summed E-state index contributed by atoms with van der Waals surface area (Å²) in [5, 5.41) is 3.28. The molecule has 4 heteroatoms. The molecule has 1 amide bonds. The second kappa shape index (κ2) is 7.18. The van der Waals surface area contributed by atoms with Crippen molar-refractivity contribution in [1.82, 2.24) is 0 Å². The molecule has 0 saturated carbocycles. The van der Waals surface area contributed by atoms with Crippen molar-refractivity contribution in [1.29, 1.82) is 0 Å². The normalized spacial score (nSPS) is 11.1. The summed E-state index contributed by atoms with van der Waals surface area (Å²) in [5.74, 6) is -0.298. The van der Waals surface area contributed by atoms with Gasteiger partial charge in [0.25, 0.3) is 0 Å². The Labute approximate surface area is 145 Å². The first kappa shape index (κ1) is 16.7. The molecule has 4 nitrogen and oxygen atoms in total. The summed E-state index contributed by atoms with van der Waals surface area (Å²) < 4.78 is 5.47. The standard InChI is InChI=1S/C21H19NO3/c1-3-15-5-8-17(9-6-15)22-20(23)11-7-16-13-25-19-10-4-14(2)12-18(19)21(16)24/h4-13H,3H2,1-2H3,(H,22,23)/b11-7+. The number of aryl methyl sites for hydroxylation is 2. The fraction of sp³-hybridized carbons (Fsp3) is 0.143. The van der Waals surface area contributed by atoms with Crippen LogP contribution in [0.1, 0.15) is 23.6 Å². The molecule has 1 heterocycles. The van der Waals surface area contributed by atoms with Crippen molar-refractivity contribution in [3.63, 3.8) is 0 Å². The van der Waals surface area contributed by atoms with E-state index in [1.807, 2.05) is 37.3 Å². The van der Waals surface area contributed by atoms with E-state index in [-0.39, 0.29) is 11.3 Å². The van der Waals surface area contributed by atoms with Crippen LogP contribution in [0.3, 0.4) is 0 Å². The molecule has 0 aliphatic rings. The van der Waals surface area contributed by atoms with Gasteiger partial charge >= 0.3 is 0 Å². The molecule has 0 unspecified atom stereocenters. The summed E-state index contributed by atoms with van der Waals surface area (Å²) in [5.41, 5.74) is 3.63. The Hall–Kier alpha value is -3.14. The van der Waals surface area contributed by atoms with Gasteiger partial charge in [-0.25, -0.2) is 0 Å². The molecule has 25 heavy (non-hydrogen) atoms. The van der Waals surface area contributed by atoms with Crippen molar-refractivity contribution in [2.75, 3.05) is 5.32 Å². The van der Waals surface area contributed by atoms with Gasteiger partial charge in [-0.1, -0.05) is 30.7 Å². The van der Waals surface area contributed by atoms with Crippen molar-refractivity contribution in [3.8, 4) is 0 Å². The van der Waals surface area contributed by atoms with E-state index in [2.05, 4.69) is 12.2 Å². The lowest BCUT2D eigenvalue weighted by atomic mass is 10.1. The molecule has 0 fully saturated rings. The summed E-state index contributed by atoms with van der Waals surface area (Å²) in [6.07, 6.45) is 5.14. The lowest BCUT2D eigenvalue weighted by Crippen LogP contribution is -2.09. The highest BCUT2D eigenvalue weighted by Gasteiger charge is 2.06. The van der Waals surface area contributed by atoms with Gasteiger partial charge in [0.2, 0.25) is 5.91 Å². The van der Waals surface area contributed by atoms with Crippen LogP contribution in [0.25, 0.3) is 17.0 Å². The number of hydrogen-bond acceptors (Lipinski definition) is 3. The van der Waals surface area contributed by atoms with Crippen LogP contribution in [0.2, 0.25) is 0 Å². The van der Waals surface area contributed by atoms with Crippen molar-refractivity contribution >= 4 is 28.6 Å². The van der Waals surface area contributed by atoms with Crippen LogP contribution in [0.4, 0.5) is 5.69 Å². The molecule has 126 valence electrons. The van der Waals surface area contributed by atoms with Crippen LogP contribution < -0.4 is 10.7 Å². The third kappa shape index (κ3) is 3.86. The average Bonchev–Trinajstić information content (AvgIpc) is 2.62. The summed E-state index contributed by atoms with van der Waals surface area (Å²) in [7, 11) is 0. The molecule has 3 aromatic rings. The third-order valence-corrected chi connectivity index (χ3v) is 4.00. The number of fused-ring (bicyclic) bond motifs is 1. The molecular formula is C21H19NO3. The van der Waals surface area contributed by atoms with Gasteiger partial charge in [0.05, 0.1) is 10.9 Å². The topological polar surface area (TPSA) is 59.3 Å². The summed E-state index contributed by atoms with van der Waals surface area (Å²) in [4.78, 5) is 24.5. The Morgan fingerprint density at radius 2 is 1.92 bits per heavy atom. The molecule has 0 bridgehead atoms. The molecule has 3 rings (SSSR count). The average molecular weight is 333 g/mol. The number of amides is 1. The Kier molecular flexibility index (Phi) is 4.80. The maximum atomic E-state index is 12.5. The maximum Gasteiger partial charge on any atom is 0.248 e. The van der Waals surface area contributed by atoms with Crippen molar-refractivity contribution in [2.45, 2.75) is 20.3 Å². The highest BCUT2D eigenvalue weighted by molar-refractivity contribution is 6.02. The van der Waals surface area contributed by atoms with Crippen molar-refractivity contribution < 1.29 is 9.21 Å². The number of carbonyl (C=O) groups is 1. The van der Waals surface area contributed by atoms with E-state index in [0.29, 0.717) is 22.2 Å². The van der Waals surface area contributed by atoms with Gasteiger partial charge in [0.1, 0.15) is 11.8 Å². The van der Waals surface area contributed by atoms with Crippen LogP contribution in [0.15, 0.2) is 64.0 Å². The number of anilines is 1. The third-order valence-electron chi connectivity index (χ3n) is 4.00. The van der Waals surface area contributed by atoms with E-state index in [1.165, 1.54) is 24.0 Å². The molecule has 0 saturated heterocycles. The number of hydrogen-bond donors (Lipinski definition) is 1. The van der Waals surface area contributed by atoms with E-state index >= 15 is 0 Å². The quantitative estimate of drug-likeness (QED) is 0.724. The van der Waals surface area contributed by atoms with Crippen LogP contribution in [0.5, 0.6) is 0 Å². The van der Waals surface area contributed by atoms with Crippen LogP contribution >= 0.6 is 0 Å². The van der Waals surface area contributed by atoms with E-state index in [1.54, 1.807) is 12.1 Å². The van der Waals surface area contributed by atoms with Gasteiger partial charge in [-0.05, 0) is 49.2 Å². The molecule has 0 aliphatic heterocycles. The summed E-state index contributed by atoms with van der Waals surface area (Å²) in [6.45, 7) is 3.99. The Balaban J connectivity index is 1.78. The SMILES string of the molecule is CCc1ccc(NC(=O)/C=C/c2coc3ccc(C)cc3c2=O)cc1. The van der Waals surface area contributed by atoms with Gasteiger partial charge in [0.15, 0.2) is 5.43 Å². The molecule has 0 radical (unpaired) electrons. The van der Waals surface area contributed by atoms with Gasteiger partial charge in [-0.15, -0.1) is 0 Å². The fourth-order valence-electron chi connectivity index (χ4n) is 2.55. The second-order valence-corrected chi connectivity index (χ2v) is 5.89. The highest BCUT2D eigenvalue weighted by atomic mass is 16.3. The first-order valence-electron chi connectivity index (χ1n) is 8.17. The number of benzene rings is 2. The van der Waals surface area contributed by atoms with Gasteiger partial charge in [-0.3, -0.25) is 9.59 Å². The molecule has 1 N–H and O–H groups in total. The smallest absolute Gasteiger partial charge is 0.248 e. The second-order valence-electron chi connectivity index (χ2n) is 5.89. The molecular weight excluding hydrogens is 314 g/mol. The maximum absolute atomic E-state index is 12.5. The lowest BCUT2D eigenvalue weighted by molar-refractivity contribution is -0.111. The highest BCUT2D eigenvalue weighted by Crippen LogP contribution is 2.14. The van der Waals surface area contributed by atoms with Gasteiger partial charge in [0, 0.05) is 11.8 Å². The van der Waals surface area contributed by atoms with Crippen molar-refractivity contribution in [3.05, 3.63) is 81.7 Å². The Morgan fingerprint density at radius 3 is 2.64 bits per heavy atom.